The van der Waals surface area contributed by atoms with E-state index in [1.165, 1.54) is 19.3 Å². The summed E-state index contributed by atoms with van der Waals surface area (Å²) in [6.07, 6.45) is 5.50. The van der Waals surface area contributed by atoms with E-state index < -0.39 is 0 Å². The van der Waals surface area contributed by atoms with E-state index in [2.05, 4.69) is 17.6 Å². The van der Waals surface area contributed by atoms with Gasteiger partial charge in [-0.3, -0.25) is 14.5 Å². The number of hydrogen-bond acceptors (Lipinski definition) is 4. The maximum atomic E-state index is 12.0. The molecule has 0 saturated heterocycles. The Balaban J connectivity index is 2.18. The Labute approximate surface area is 134 Å². The summed E-state index contributed by atoms with van der Waals surface area (Å²) in [6.45, 7) is 3.93. The number of amides is 2. The highest BCUT2D eigenvalue weighted by atomic mass is 16.5. The van der Waals surface area contributed by atoms with Crippen LogP contribution in [0, 0.1) is 5.92 Å². The number of likely N-dealkylation sites (N-methyl/N-ethyl adjacent to an activating group) is 1. The van der Waals surface area contributed by atoms with Gasteiger partial charge in [-0.1, -0.05) is 19.8 Å². The lowest BCUT2D eigenvalue weighted by Gasteiger charge is -2.30. The number of ether oxygens (including phenoxy) is 1. The van der Waals surface area contributed by atoms with Crippen LogP contribution in [0.3, 0.4) is 0 Å². The zero-order chi connectivity index (χ0) is 16.4. The van der Waals surface area contributed by atoms with Crippen molar-refractivity contribution in [2.75, 3.05) is 40.4 Å². The van der Waals surface area contributed by atoms with Gasteiger partial charge in [0.25, 0.3) is 0 Å². The molecule has 6 heteroatoms. The SMILES string of the molecule is COCCCNC(=O)CN(C)CC(=O)NC1CCCCC1C. The molecule has 0 aromatic heterocycles. The van der Waals surface area contributed by atoms with Crippen LogP contribution >= 0.6 is 0 Å². The highest BCUT2D eigenvalue weighted by Crippen LogP contribution is 2.23. The third kappa shape index (κ3) is 7.75. The standard InChI is InChI=1S/C16H31N3O3/c1-13-7-4-5-8-14(13)18-16(21)12-19(2)11-15(20)17-9-6-10-22-3/h13-14H,4-12H2,1-3H3,(H,17,20)(H,18,21). The summed E-state index contributed by atoms with van der Waals surface area (Å²) in [5.74, 6) is 0.498. The largest absolute Gasteiger partial charge is 0.385 e. The van der Waals surface area contributed by atoms with Crippen LogP contribution in [0.15, 0.2) is 0 Å². The maximum Gasteiger partial charge on any atom is 0.234 e. The predicted molar refractivity (Wildman–Crippen MR) is 86.6 cm³/mol. The Morgan fingerprint density at radius 1 is 1.18 bits per heavy atom. The Hall–Kier alpha value is -1.14. The summed E-state index contributed by atoms with van der Waals surface area (Å²) in [5.41, 5.74) is 0. The zero-order valence-corrected chi connectivity index (χ0v) is 14.2. The van der Waals surface area contributed by atoms with Crippen LogP contribution in [0.4, 0.5) is 0 Å². The van der Waals surface area contributed by atoms with Gasteiger partial charge in [-0.15, -0.1) is 0 Å². The van der Waals surface area contributed by atoms with Gasteiger partial charge in [-0.05, 0) is 32.2 Å². The minimum Gasteiger partial charge on any atom is -0.385 e. The smallest absolute Gasteiger partial charge is 0.234 e. The van der Waals surface area contributed by atoms with E-state index in [-0.39, 0.29) is 30.9 Å². The normalized spacial score (nSPS) is 21.6. The first kappa shape index (κ1) is 18.9. The fraction of sp³-hybridized carbons (Fsp3) is 0.875. The monoisotopic (exact) mass is 313 g/mol. The molecule has 0 aliphatic heterocycles. The molecule has 128 valence electrons. The first-order valence-electron chi connectivity index (χ1n) is 8.26. The van der Waals surface area contributed by atoms with Crippen LogP contribution < -0.4 is 10.6 Å². The van der Waals surface area contributed by atoms with Gasteiger partial charge in [0.1, 0.15) is 0 Å². The van der Waals surface area contributed by atoms with E-state index in [0.717, 1.165) is 12.8 Å². The first-order valence-corrected chi connectivity index (χ1v) is 8.26. The lowest BCUT2D eigenvalue weighted by atomic mass is 9.86. The number of hydrogen-bond donors (Lipinski definition) is 2. The molecule has 1 fully saturated rings. The summed E-state index contributed by atoms with van der Waals surface area (Å²) < 4.78 is 4.92. The van der Waals surface area contributed by atoms with Crippen molar-refractivity contribution in [1.82, 2.24) is 15.5 Å². The summed E-state index contributed by atoms with van der Waals surface area (Å²) in [6, 6.07) is 0.289. The second-order valence-corrected chi connectivity index (χ2v) is 6.30. The van der Waals surface area contributed by atoms with Gasteiger partial charge in [-0.2, -0.15) is 0 Å². The van der Waals surface area contributed by atoms with E-state index >= 15 is 0 Å². The molecule has 2 amide bonds. The quantitative estimate of drug-likeness (QED) is 0.617. The summed E-state index contributed by atoms with van der Waals surface area (Å²) >= 11 is 0. The summed E-state index contributed by atoms with van der Waals surface area (Å²) in [4.78, 5) is 25.5. The number of methoxy groups -OCH3 is 1. The second kappa shape index (κ2) is 10.6. The predicted octanol–water partition coefficient (Wildman–Crippen LogP) is 0.766. The zero-order valence-electron chi connectivity index (χ0n) is 14.2. The van der Waals surface area contributed by atoms with Gasteiger partial charge < -0.3 is 15.4 Å². The van der Waals surface area contributed by atoms with Gasteiger partial charge in [0, 0.05) is 26.3 Å². The van der Waals surface area contributed by atoms with Crippen LogP contribution in [0.2, 0.25) is 0 Å². The minimum absolute atomic E-state index is 0.00781. The van der Waals surface area contributed by atoms with E-state index in [1.54, 1.807) is 19.1 Å². The van der Waals surface area contributed by atoms with Gasteiger partial charge in [0.2, 0.25) is 11.8 Å². The number of carbonyl (C=O) groups is 2. The maximum absolute atomic E-state index is 12.0. The molecular weight excluding hydrogens is 282 g/mol. The third-order valence-electron chi connectivity index (χ3n) is 4.13. The Bertz CT molecular complexity index is 350. The molecule has 0 aromatic carbocycles. The highest BCUT2D eigenvalue weighted by Gasteiger charge is 2.23. The van der Waals surface area contributed by atoms with Crippen LogP contribution in [0.5, 0.6) is 0 Å². The fourth-order valence-electron chi connectivity index (χ4n) is 2.83. The van der Waals surface area contributed by atoms with Crippen LogP contribution in [0.1, 0.15) is 39.0 Å². The number of rotatable bonds is 9. The molecule has 0 spiro atoms. The van der Waals surface area contributed by atoms with Crippen molar-refractivity contribution in [2.24, 2.45) is 5.92 Å². The highest BCUT2D eigenvalue weighted by molar-refractivity contribution is 5.81. The number of nitrogens with one attached hydrogen (secondary N) is 2. The Morgan fingerprint density at radius 3 is 2.55 bits per heavy atom. The molecule has 22 heavy (non-hydrogen) atoms. The average Bonchev–Trinajstić information content (AvgIpc) is 2.46. The van der Waals surface area contributed by atoms with Gasteiger partial charge in [0.15, 0.2) is 0 Å². The van der Waals surface area contributed by atoms with E-state index in [9.17, 15) is 9.59 Å². The molecule has 0 heterocycles. The van der Waals surface area contributed by atoms with E-state index in [0.29, 0.717) is 19.1 Å². The molecule has 0 aromatic rings. The average molecular weight is 313 g/mol. The Morgan fingerprint density at radius 2 is 1.86 bits per heavy atom. The molecule has 6 nitrogen and oxygen atoms in total. The van der Waals surface area contributed by atoms with Crippen molar-refractivity contribution in [3.63, 3.8) is 0 Å². The molecule has 2 N–H and O–H groups in total. The Kier molecular flexibility index (Phi) is 9.08. The molecule has 1 aliphatic rings. The van der Waals surface area contributed by atoms with E-state index in [4.69, 9.17) is 4.74 Å². The molecular formula is C16H31N3O3. The molecule has 2 atom stereocenters. The van der Waals surface area contributed by atoms with Crippen LogP contribution in [0.25, 0.3) is 0 Å². The van der Waals surface area contributed by atoms with Crippen molar-refractivity contribution in [1.29, 1.82) is 0 Å². The summed E-state index contributed by atoms with van der Waals surface area (Å²) in [5, 5.41) is 5.92. The number of carbonyl (C=O) groups excluding carboxylic acids is 2. The van der Waals surface area contributed by atoms with Crippen molar-refractivity contribution < 1.29 is 14.3 Å². The van der Waals surface area contributed by atoms with E-state index in [1.807, 2.05) is 0 Å². The molecule has 2 unspecified atom stereocenters. The molecule has 0 radical (unpaired) electrons. The lowest BCUT2D eigenvalue weighted by Crippen LogP contribution is -2.46. The molecule has 1 aliphatic carbocycles. The fourth-order valence-corrected chi connectivity index (χ4v) is 2.83. The van der Waals surface area contributed by atoms with Crippen molar-refractivity contribution in [3.8, 4) is 0 Å². The lowest BCUT2D eigenvalue weighted by molar-refractivity contribution is -0.125. The van der Waals surface area contributed by atoms with Crippen molar-refractivity contribution in [3.05, 3.63) is 0 Å². The first-order chi connectivity index (χ1) is 10.5. The van der Waals surface area contributed by atoms with Gasteiger partial charge in [0.05, 0.1) is 13.1 Å². The molecule has 1 saturated carbocycles. The summed E-state index contributed by atoms with van der Waals surface area (Å²) in [7, 11) is 3.43. The van der Waals surface area contributed by atoms with Crippen LogP contribution in [-0.4, -0.2) is 63.2 Å². The third-order valence-corrected chi connectivity index (χ3v) is 4.13. The topological polar surface area (TPSA) is 70.7 Å². The minimum atomic E-state index is -0.0579. The van der Waals surface area contributed by atoms with Crippen LogP contribution in [-0.2, 0) is 14.3 Å². The van der Waals surface area contributed by atoms with Crippen molar-refractivity contribution in [2.45, 2.75) is 45.1 Å². The van der Waals surface area contributed by atoms with Gasteiger partial charge >= 0.3 is 0 Å². The number of nitrogens with zero attached hydrogens (tertiary/aromatic N) is 1. The van der Waals surface area contributed by atoms with Gasteiger partial charge in [-0.25, -0.2) is 0 Å². The second-order valence-electron chi connectivity index (χ2n) is 6.30. The molecule has 0 bridgehead atoms. The van der Waals surface area contributed by atoms with Crippen molar-refractivity contribution >= 4 is 11.8 Å². The molecule has 1 rings (SSSR count).